The van der Waals surface area contributed by atoms with Crippen LogP contribution in [0.3, 0.4) is 0 Å². The fraction of sp³-hybridized carbons (Fsp3) is 0.312. The van der Waals surface area contributed by atoms with Crippen LogP contribution in [0.5, 0.6) is 0 Å². The lowest BCUT2D eigenvalue weighted by Gasteiger charge is -2.43. The molecule has 0 amide bonds. The van der Waals surface area contributed by atoms with E-state index in [4.69, 9.17) is 20.9 Å². The molecule has 0 unspecified atom stereocenters. The SMILES string of the molecule is CC1(C)CO[P@@](=S)(c2ccccn2)O[C@H]1c1ccccc1. The first-order valence-corrected chi connectivity index (χ1v) is 9.55. The van der Waals surface area contributed by atoms with Crippen molar-refractivity contribution in [2.45, 2.75) is 20.0 Å². The molecule has 0 N–H and O–H groups in total. The van der Waals surface area contributed by atoms with Crippen molar-refractivity contribution in [3.63, 3.8) is 0 Å². The number of hydrogen-bond acceptors (Lipinski definition) is 4. The third-order valence-corrected chi connectivity index (χ3v) is 6.51. The highest BCUT2D eigenvalue weighted by Crippen LogP contribution is 2.59. The molecule has 1 fully saturated rings. The Morgan fingerprint density at radius 3 is 2.52 bits per heavy atom. The van der Waals surface area contributed by atoms with Crippen molar-refractivity contribution in [1.29, 1.82) is 0 Å². The monoisotopic (exact) mass is 319 g/mol. The zero-order chi connectivity index (χ0) is 14.9. The summed E-state index contributed by atoms with van der Waals surface area (Å²) in [5.41, 5.74) is 1.74. The Balaban J connectivity index is 1.98. The third kappa shape index (κ3) is 2.95. The van der Waals surface area contributed by atoms with Gasteiger partial charge >= 0.3 is 0 Å². The minimum atomic E-state index is -2.55. The van der Waals surface area contributed by atoms with Gasteiger partial charge in [0.25, 0.3) is 0 Å². The number of aromatic nitrogens is 1. The van der Waals surface area contributed by atoms with E-state index in [0.29, 0.717) is 6.61 Å². The minimum Gasteiger partial charge on any atom is -0.324 e. The standard InChI is InChI=1S/C16H18NO2PS/c1-16(2)12-18-20(21,14-10-6-7-11-17-14)19-15(16)13-8-4-3-5-9-13/h3-11,15H,12H2,1-2H3/t15-,20-/m0/s1. The Morgan fingerprint density at radius 2 is 1.86 bits per heavy atom. The zero-order valence-electron chi connectivity index (χ0n) is 12.1. The molecule has 2 atom stereocenters. The summed E-state index contributed by atoms with van der Waals surface area (Å²) in [5.74, 6) is 0. The van der Waals surface area contributed by atoms with Crippen molar-refractivity contribution in [2.24, 2.45) is 5.41 Å². The molecule has 21 heavy (non-hydrogen) atoms. The second-order valence-electron chi connectivity index (χ2n) is 5.84. The Bertz CT molecular complexity index is 660. The normalized spacial score (nSPS) is 28.2. The molecule has 110 valence electrons. The lowest BCUT2D eigenvalue weighted by molar-refractivity contribution is -0.00911. The average molecular weight is 319 g/mol. The van der Waals surface area contributed by atoms with Crippen LogP contribution in [0.25, 0.3) is 0 Å². The molecule has 1 aliphatic rings. The highest BCUT2D eigenvalue weighted by atomic mass is 32.5. The maximum absolute atomic E-state index is 6.30. The summed E-state index contributed by atoms with van der Waals surface area (Å²) in [6.07, 6.45) is 1.65. The van der Waals surface area contributed by atoms with Gasteiger partial charge in [-0.1, -0.05) is 50.2 Å². The second kappa shape index (κ2) is 5.62. The Hall–Kier alpha value is -1.06. The van der Waals surface area contributed by atoms with E-state index in [-0.39, 0.29) is 11.5 Å². The smallest absolute Gasteiger partial charge is 0.238 e. The van der Waals surface area contributed by atoms with Crippen LogP contribution >= 0.6 is 6.49 Å². The van der Waals surface area contributed by atoms with Crippen LogP contribution in [0.15, 0.2) is 54.7 Å². The molecule has 3 rings (SSSR count). The highest BCUT2D eigenvalue weighted by molar-refractivity contribution is 8.13. The summed E-state index contributed by atoms with van der Waals surface area (Å²) >= 11 is 5.70. The molecule has 0 bridgehead atoms. The first-order chi connectivity index (χ1) is 10.0. The van der Waals surface area contributed by atoms with E-state index in [9.17, 15) is 0 Å². The predicted molar refractivity (Wildman–Crippen MR) is 88.2 cm³/mol. The summed E-state index contributed by atoms with van der Waals surface area (Å²) in [4.78, 5) is 4.35. The van der Waals surface area contributed by atoms with Gasteiger partial charge in [0.15, 0.2) is 0 Å². The van der Waals surface area contributed by atoms with Gasteiger partial charge < -0.3 is 9.05 Å². The number of benzene rings is 1. The van der Waals surface area contributed by atoms with Crippen LogP contribution in [-0.2, 0) is 20.9 Å². The molecule has 3 nitrogen and oxygen atoms in total. The maximum atomic E-state index is 6.30. The van der Waals surface area contributed by atoms with Crippen LogP contribution in [0.1, 0.15) is 25.5 Å². The molecule has 1 saturated heterocycles. The predicted octanol–water partition coefficient (Wildman–Crippen LogP) is 3.83. The van der Waals surface area contributed by atoms with E-state index < -0.39 is 6.49 Å². The number of pyridine rings is 1. The molecule has 1 aliphatic heterocycles. The topological polar surface area (TPSA) is 31.4 Å². The maximum Gasteiger partial charge on any atom is 0.238 e. The first kappa shape index (κ1) is 14.9. The molecule has 0 aliphatic carbocycles. The molecule has 5 heteroatoms. The average Bonchev–Trinajstić information content (AvgIpc) is 2.52. The molecule has 0 spiro atoms. The van der Waals surface area contributed by atoms with E-state index in [2.05, 4.69) is 31.0 Å². The molecule has 0 radical (unpaired) electrons. The summed E-state index contributed by atoms with van der Waals surface area (Å²) in [6.45, 7) is 2.31. The summed E-state index contributed by atoms with van der Waals surface area (Å²) in [7, 11) is 0. The lowest BCUT2D eigenvalue weighted by atomic mass is 9.83. The van der Waals surface area contributed by atoms with Crippen LogP contribution in [0.4, 0.5) is 0 Å². The molecule has 1 aromatic carbocycles. The fourth-order valence-corrected chi connectivity index (χ4v) is 5.12. The number of hydrogen-bond donors (Lipinski definition) is 0. The van der Waals surface area contributed by atoms with E-state index in [1.165, 1.54) is 0 Å². The minimum absolute atomic E-state index is 0.0831. The van der Waals surface area contributed by atoms with Crippen LogP contribution < -0.4 is 5.44 Å². The summed E-state index contributed by atoms with van der Waals surface area (Å²) in [5, 5.41) is 0. The molecular formula is C16H18NO2PS. The Kier molecular flexibility index (Phi) is 3.98. The van der Waals surface area contributed by atoms with E-state index >= 15 is 0 Å². The van der Waals surface area contributed by atoms with Gasteiger partial charge in [0.2, 0.25) is 6.49 Å². The first-order valence-electron chi connectivity index (χ1n) is 6.91. The van der Waals surface area contributed by atoms with E-state index in [0.717, 1.165) is 11.0 Å². The quantitative estimate of drug-likeness (QED) is 0.787. The second-order valence-corrected chi connectivity index (χ2v) is 9.21. The Labute approximate surface area is 130 Å². The third-order valence-electron chi connectivity index (χ3n) is 3.59. The molecule has 1 aromatic heterocycles. The molecule has 2 heterocycles. The van der Waals surface area contributed by atoms with Gasteiger partial charge in [-0.05, 0) is 29.5 Å². The number of rotatable bonds is 2. The van der Waals surface area contributed by atoms with Crippen molar-refractivity contribution in [1.82, 2.24) is 4.98 Å². The van der Waals surface area contributed by atoms with Gasteiger partial charge in [0.1, 0.15) is 5.44 Å². The van der Waals surface area contributed by atoms with Crippen LogP contribution in [0.2, 0.25) is 0 Å². The van der Waals surface area contributed by atoms with Crippen LogP contribution in [0, 0.1) is 5.41 Å². The van der Waals surface area contributed by atoms with Crippen LogP contribution in [-0.4, -0.2) is 11.6 Å². The fourth-order valence-electron chi connectivity index (χ4n) is 2.41. The van der Waals surface area contributed by atoms with Gasteiger partial charge in [-0.15, -0.1) is 0 Å². The van der Waals surface area contributed by atoms with Crippen molar-refractivity contribution in [2.75, 3.05) is 6.61 Å². The van der Waals surface area contributed by atoms with Gasteiger partial charge in [-0.2, -0.15) is 0 Å². The molecule has 2 aromatic rings. The van der Waals surface area contributed by atoms with Crippen molar-refractivity contribution < 1.29 is 9.05 Å². The Morgan fingerprint density at radius 1 is 1.14 bits per heavy atom. The van der Waals surface area contributed by atoms with Gasteiger partial charge in [-0.3, -0.25) is 4.98 Å². The largest absolute Gasteiger partial charge is 0.324 e. The van der Waals surface area contributed by atoms with Gasteiger partial charge in [0.05, 0.1) is 12.7 Å². The molecular weight excluding hydrogens is 301 g/mol. The summed E-state index contributed by atoms with van der Waals surface area (Å²) < 4.78 is 12.3. The lowest BCUT2D eigenvalue weighted by Crippen LogP contribution is -2.35. The van der Waals surface area contributed by atoms with Crippen molar-refractivity contribution in [3.8, 4) is 0 Å². The highest BCUT2D eigenvalue weighted by Gasteiger charge is 2.43. The molecule has 0 saturated carbocycles. The van der Waals surface area contributed by atoms with Crippen molar-refractivity contribution >= 4 is 23.7 Å². The van der Waals surface area contributed by atoms with Crippen molar-refractivity contribution in [3.05, 3.63) is 60.3 Å². The van der Waals surface area contributed by atoms with Gasteiger partial charge in [-0.25, -0.2) is 0 Å². The zero-order valence-corrected chi connectivity index (χ0v) is 13.8. The number of nitrogens with zero attached hydrogens (tertiary/aromatic N) is 1. The van der Waals surface area contributed by atoms with E-state index in [1.54, 1.807) is 6.20 Å². The summed E-state index contributed by atoms with van der Waals surface area (Å²) in [6, 6.07) is 15.9. The van der Waals surface area contributed by atoms with E-state index in [1.807, 2.05) is 36.4 Å². The van der Waals surface area contributed by atoms with Gasteiger partial charge in [0, 0.05) is 11.6 Å².